The normalized spacial score (nSPS) is 13.0. The molecule has 1 unspecified atom stereocenters. The number of aromatic nitrogens is 3. The van der Waals surface area contributed by atoms with E-state index in [9.17, 15) is 9.59 Å². The number of nitrogens with one attached hydrogen (secondary N) is 1. The van der Waals surface area contributed by atoms with E-state index in [0.29, 0.717) is 5.69 Å². The number of amides is 1. The van der Waals surface area contributed by atoms with Gasteiger partial charge in [0.1, 0.15) is 12.2 Å². The molecule has 4 N–H and O–H groups in total. The molecule has 1 heterocycles. The second kappa shape index (κ2) is 6.47. The Morgan fingerprint density at radius 2 is 2.15 bits per heavy atom. The molecule has 0 aliphatic rings. The average molecular weight is 283 g/mol. The van der Waals surface area contributed by atoms with Crippen molar-refractivity contribution in [3.8, 4) is 0 Å². The van der Waals surface area contributed by atoms with Crippen LogP contribution in [0, 0.1) is 5.41 Å². The van der Waals surface area contributed by atoms with Crippen molar-refractivity contribution in [3.05, 3.63) is 11.9 Å². The topological polar surface area (TPSA) is 123 Å². The Labute approximate surface area is 117 Å². The van der Waals surface area contributed by atoms with Crippen molar-refractivity contribution in [2.75, 3.05) is 0 Å². The van der Waals surface area contributed by atoms with Crippen LogP contribution in [0.3, 0.4) is 0 Å². The van der Waals surface area contributed by atoms with Crippen molar-refractivity contribution in [2.45, 2.75) is 46.3 Å². The third kappa shape index (κ3) is 5.35. The highest BCUT2D eigenvalue weighted by Gasteiger charge is 2.23. The summed E-state index contributed by atoms with van der Waals surface area (Å²) in [6.07, 6.45) is 1.71. The first-order valence-corrected chi connectivity index (χ1v) is 6.31. The smallest absolute Gasteiger partial charge is 0.325 e. The van der Waals surface area contributed by atoms with Crippen LogP contribution in [-0.4, -0.2) is 38.0 Å². The van der Waals surface area contributed by atoms with E-state index in [-0.39, 0.29) is 36.9 Å². The first-order chi connectivity index (χ1) is 9.18. The standard InChI is InChI=1S/C12H21N5O3/c1-12(2,3)9(13)4-10(18)14-5-8-6-17(16-15-8)7-11(19)20/h6,9H,4-5,7,13H2,1-3H3,(H,14,18)(H,19,20). The van der Waals surface area contributed by atoms with E-state index < -0.39 is 5.97 Å². The van der Waals surface area contributed by atoms with Crippen LogP contribution in [0.5, 0.6) is 0 Å². The molecule has 8 heteroatoms. The highest BCUT2D eigenvalue weighted by molar-refractivity contribution is 5.76. The van der Waals surface area contributed by atoms with Crippen molar-refractivity contribution in [1.82, 2.24) is 20.3 Å². The Bertz CT molecular complexity index is 478. The maximum absolute atomic E-state index is 11.7. The lowest BCUT2D eigenvalue weighted by Gasteiger charge is -2.26. The second-order valence-electron chi connectivity index (χ2n) is 5.75. The van der Waals surface area contributed by atoms with Crippen LogP contribution in [0.2, 0.25) is 0 Å². The van der Waals surface area contributed by atoms with Gasteiger partial charge in [-0.3, -0.25) is 9.59 Å². The van der Waals surface area contributed by atoms with E-state index in [0.717, 1.165) is 0 Å². The van der Waals surface area contributed by atoms with Crippen molar-refractivity contribution in [3.63, 3.8) is 0 Å². The van der Waals surface area contributed by atoms with Crippen LogP contribution in [-0.2, 0) is 22.7 Å². The second-order valence-corrected chi connectivity index (χ2v) is 5.75. The number of carbonyl (C=O) groups is 2. The first-order valence-electron chi connectivity index (χ1n) is 6.31. The molecular weight excluding hydrogens is 262 g/mol. The molecule has 0 aromatic carbocycles. The Kier molecular flexibility index (Phi) is 5.20. The highest BCUT2D eigenvalue weighted by atomic mass is 16.4. The van der Waals surface area contributed by atoms with Crippen molar-refractivity contribution < 1.29 is 14.7 Å². The van der Waals surface area contributed by atoms with Gasteiger partial charge in [-0.05, 0) is 5.41 Å². The fraction of sp³-hybridized carbons (Fsp3) is 0.667. The SMILES string of the molecule is CC(C)(C)C(N)CC(=O)NCc1cn(CC(=O)O)nn1. The van der Waals surface area contributed by atoms with Gasteiger partial charge in [-0.1, -0.05) is 26.0 Å². The number of carboxylic acid groups (broad SMARTS) is 1. The maximum atomic E-state index is 11.7. The Balaban J connectivity index is 2.41. The molecule has 112 valence electrons. The third-order valence-electron chi connectivity index (χ3n) is 2.87. The minimum atomic E-state index is -0.998. The molecule has 1 amide bonds. The van der Waals surface area contributed by atoms with E-state index in [1.54, 1.807) is 0 Å². The van der Waals surface area contributed by atoms with Crippen LogP contribution in [0.4, 0.5) is 0 Å². The molecule has 0 saturated heterocycles. The number of rotatable bonds is 6. The summed E-state index contributed by atoms with van der Waals surface area (Å²) in [5.41, 5.74) is 6.29. The van der Waals surface area contributed by atoms with Crippen LogP contribution >= 0.6 is 0 Å². The van der Waals surface area contributed by atoms with Gasteiger partial charge in [-0.25, -0.2) is 4.68 Å². The number of hydrogen-bond acceptors (Lipinski definition) is 5. The molecule has 0 bridgehead atoms. The van der Waals surface area contributed by atoms with Crippen LogP contribution in [0.15, 0.2) is 6.20 Å². The van der Waals surface area contributed by atoms with Gasteiger partial charge in [-0.2, -0.15) is 0 Å². The van der Waals surface area contributed by atoms with E-state index in [1.807, 2.05) is 20.8 Å². The summed E-state index contributed by atoms with van der Waals surface area (Å²) in [4.78, 5) is 22.2. The highest BCUT2D eigenvalue weighted by Crippen LogP contribution is 2.19. The van der Waals surface area contributed by atoms with E-state index in [1.165, 1.54) is 10.9 Å². The summed E-state index contributed by atoms with van der Waals surface area (Å²) < 4.78 is 1.20. The molecule has 20 heavy (non-hydrogen) atoms. The van der Waals surface area contributed by atoms with E-state index in [4.69, 9.17) is 10.8 Å². The number of hydrogen-bond donors (Lipinski definition) is 3. The van der Waals surface area contributed by atoms with Crippen molar-refractivity contribution in [1.29, 1.82) is 0 Å². The summed E-state index contributed by atoms with van der Waals surface area (Å²) in [5, 5.41) is 18.7. The van der Waals surface area contributed by atoms with Gasteiger partial charge in [0.15, 0.2) is 0 Å². The molecule has 1 aromatic heterocycles. The minimum Gasteiger partial charge on any atom is -0.480 e. The van der Waals surface area contributed by atoms with Crippen molar-refractivity contribution in [2.24, 2.45) is 11.1 Å². The molecule has 8 nitrogen and oxygen atoms in total. The molecule has 0 fully saturated rings. The molecule has 0 radical (unpaired) electrons. The molecule has 0 aliphatic heterocycles. The quantitative estimate of drug-likeness (QED) is 0.661. The summed E-state index contributed by atoms with van der Waals surface area (Å²) in [5.74, 6) is -1.16. The van der Waals surface area contributed by atoms with Crippen LogP contribution < -0.4 is 11.1 Å². The van der Waals surface area contributed by atoms with Gasteiger partial charge < -0.3 is 16.2 Å². The van der Waals surface area contributed by atoms with Gasteiger partial charge >= 0.3 is 5.97 Å². The summed E-state index contributed by atoms with van der Waals surface area (Å²) in [6, 6.07) is -0.231. The Morgan fingerprint density at radius 1 is 1.50 bits per heavy atom. The van der Waals surface area contributed by atoms with Gasteiger partial charge in [0.05, 0.1) is 12.7 Å². The monoisotopic (exact) mass is 283 g/mol. The first kappa shape index (κ1) is 16.1. The summed E-state index contributed by atoms with van der Waals surface area (Å²) in [7, 11) is 0. The minimum absolute atomic E-state index is 0.137. The Hall–Kier alpha value is -1.96. The number of nitrogens with zero attached hydrogens (tertiary/aromatic N) is 3. The molecule has 0 saturated carbocycles. The molecule has 0 spiro atoms. The fourth-order valence-corrected chi connectivity index (χ4v) is 1.40. The maximum Gasteiger partial charge on any atom is 0.325 e. The van der Waals surface area contributed by atoms with Crippen LogP contribution in [0.25, 0.3) is 0 Å². The lowest BCUT2D eigenvalue weighted by atomic mass is 9.85. The molecule has 1 rings (SSSR count). The van der Waals surface area contributed by atoms with E-state index in [2.05, 4.69) is 15.6 Å². The lowest BCUT2D eigenvalue weighted by molar-refractivity contribution is -0.138. The van der Waals surface area contributed by atoms with E-state index >= 15 is 0 Å². The zero-order valence-corrected chi connectivity index (χ0v) is 12.0. The number of nitrogens with two attached hydrogens (primary N) is 1. The van der Waals surface area contributed by atoms with Gasteiger partial charge in [0, 0.05) is 12.5 Å². The van der Waals surface area contributed by atoms with Gasteiger partial charge in [0.2, 0.25) is 5.91 Å². The number of carbonyl (C=O) groups excluding carboxylic acids is 1. The zero-order valence-electron chi connectivity index (χ0n) is 12.0. The molecule has 0 aliphatic carbocycles. The number of aliphatic carboxylic acids is 1. The van der Waals surface area contributed by atoms with Crippen LogP contribution in [0.1, 0.15) is 32.9 Å². The van der Waals surface area contributed by atoms with Crippen molar-refractivity contribution >= 4 is 11.9 Å². The zero-order chi connectivity index (χ0) is 15.3. The largest absolute Gasteiger partial charge is 0.480 e. The Morgan fingerprint density at radius 3 is 2.70 bits per heavy atom. The predicted octanol–water partition coefficient (Wildman–Crippen LogP) is -0.258. The molecular formula is C12H21N5O3. The van der Waals surface area contributed by atoms with Gasteiger partial charge in [0.25, 0.3) is 0 Å². The third-order valence-corrected chi connectivity index (χ3v) is 2.87. The average Bonchev–Trinajstić information content (AvgIpc) is 2.71. The lowest BCUT2D eigenvalue weighted by Crippen LogP contribution is -2.40. The summed E-state index contributed by atoms with van der Waals surface area (Å²) >= 11 is 0. The fourth-order valence-electron chi connectivity index (χ4n) is 1.40. The van der Waals surface area contributed by atoms with Gasteiger partial charge in [-0.15, -0.1) is 5.10 Å². The molecule has 1 aromatic rings. The molecule has 1 atom stereocenters. The number of carboxylic acids is 1. The predicted molar refractivity (Wildman–Crippen MR) is 71.6 cm³/mol. The summed E-state index contributed by atoms with van der Waals surface area (Å²) in [6.45, 7) is 5.87.